The van der Waals surface area contributed by atoms with Gasteiger partial charge in [-0.05, 0) is 17.7 Å². The fourth-order valence-corrected chi connectivity index (χ4v) is 1.45. The van der Waals surface area contributed by atoms with Crippen molar-refractivity contribution < 1.29 is 13.9 Å². The van der Waals surface area contributed by atoms with Gasteiger partial charge in [0.25, 0.3) is 0 Å². The lowest BCUT2D eigenvalue weighted by molar-refractivity contribution is 0.199. The maximum Gasteiger partial charge on any atom is 0.165 e. The summed E-state index contributed by atoms with van der Waals surface area (Å²) >= 11 is 3.16. The van der Waals surface area contributed by atoms with Crippen LogP contribution in [0.5, 0.6) is 5.75 Å². The van der Waals surface area contributed by atoms with E-state index in [2.05, 4.69) is 27.8 Å². The van der Waals surface area contributed by atoms with Crippen molar-refractivity contribution in [1.29, 1.82) is 0 Å². The Bertz CT molecular complexity index is 399. The highest BCUT2D eigenvalue weighted by molar-refractivity contribution is 9.11. The van der Waals surface area contributed by atoms with Gasteiger partial charge in [-0.2, -0.15) is 0 Å². The van der Waals surface area contributed by atoms with E-state index in [0.29, 0.717) is 17.6 Å². The van der Waals surface area contributed by atoms with Crippen molar-refractivity contribution in [3.8, 4) is 5.75 Å². The van der Waals surface area contributed by atoms with Crippen molar-refractivity contribution in [3.63, 3.8) is 0 Å². The van der Waals surface area contributed by atoms with E-state index < -0.39 is 0 Å². The van der Waals surface area contributed by atoms with Crippen LogP contribution in [0.3, 0.4) is 0 Å². The Morgan fingerprint density at radius 2 is 2.28 bits per heavy atom. The molecule has 3 nitrogen and oxygen atoms in total. The fourth-order valence-electron chi connectivity index (χ4n) is 1.33. The van der Waals surface area contributed by atoms with E-state index in [1.165, 1.54) is 6.07 Å². The molecule has 0 saturated carbocycles. The molecule has 0 heterocycles. The lowest BCUT2D eigenvalue weighted by Crippen LogP contribution is -2.18. The maximum absolute atomic E-state index is 13.7. The molecule has 1 N–H and O–H groups in total. The number of ether oxygens (including phenoxy) is 2. The zero-order chi connectivity index (χ0) is 13.4. The second kappa shape index (κ2) is 8.24. The van der Waals surface area contributed by atoms with Gasteiger partial charge in [0.1, 0.15) is 6.61 Å². The normalized spacial score (nSPS) is 10.4. The molecule has 0 bridgehead atoms. The zero-order valence-electron chi connectivity index (χ0n) is 10.3. The summed E-state index contributed by atoms with van der Waals surface area (Å²) < 4.78 is 24.5. The van der Waals surface area contributed by atoms with Crippen LogP contribution in [0.1, 0.15) is 5.56 Å². The molecule has 1 rings (SSSR count). The molecule has 0 spiro atoms. The van der Waals surface area contributed by atoms with Gasteiger partial charge in [0.15, 0.2) is 11.6 Å². The van der Waals surface area contributed by atoms with Gasteiger partial charge in [0.05, 0.1) is 6.61 Å². The molecule has 0 fully saturated rings. The molecule has 1 aromatic carbocycles. The van der Waals surface area contributed by atoms with Crippen molar-refractivity contribution in [2.75, 3.05) is 26.9 Å². The molecule has 0 unspecified atom stereocenters. The molecule has 0 amide bonds. The molecule has 0 saturated heterocycles. The first-order chi connectivity index (χ1) is 8.63. The summed E-state index contributed by atoms with van der Waals surface area (Å²) in [5.41, 5.74) is 0.869. The van der Waals surface area contributed by atoms with Crippen LogP contribution in [0.4, 0.5) is 4.39 Å². The number of hydrogen-bond acceptors (Lipinski definition) is 3. The number of rotatable bonds is 8. The summed E-state index contributed by atoms with van der Waals surface area (Å²) in [4.78, 5) is 0. The third-order valence-corrected chi connectivity index (χ3v) is 2.42. The standard InChI is InChI=1S/C13H17BrFNO2/c1-10(14)9-18-13-4-3-11(7-12(13)15)8-16-5-6-17-2/h3-4,7,16H,1,5-6,8-9H2,2H3. The van der Waals surface area contributed by atoms with Crippen LogP contribution in [0, 0.1) is 5.82 Å². The van der Waals surface area contributed by atoms with Crippen LogP contribution in [-0.4, -0.2) is 26.9 Å². The van der Waals surface area contributed by atoms with E-state index in [1.54, 1.807) is 13.2 Å². The minimum atomic E-state index is -0.366. The first kappa shape index (κ1) is 15.1. The molecule has 18 heavy (non-hydrogen) atoms. The van der Waals surface area contributed by atoms with E-state index in [4.69, 9.17) is 9.47 Å². The van der Waals surface area contributed by atoms with E-state index in [0.717, 1.165) is 12.1 Å². The Balaban J connectivity index is 2.48. The van der Waals surface area contributed by atoms with Crippen molar-refractivity contribution in [2.45, 2.75) is 6.54 Å². The summed E-state index contributed by atoms with van der Waals surface area (Å²) in [6.07, 6.45) is 0. The number of hydrogen-bond donors (Lipinski definition) is 1. The first-order valence-corrected chi connectivity index (χ1v) is 6.37. The molecule has 0 aromatic heterocycles. The lowest BCUT2D eigenvalue weighted by Gasteiger charge is -2.08. The molecular formula is C13H17BrFNO2. The Hall–Kier alpha value is -0.910. The molecular weight excluding hydrogens is 301 g/mol. The van der Waals surface area contributed by atoms with Crippen LogP contribution < -0.4 is 10.1 Å². The lowest BCUT2D eigenvalue weighted by atomic mass is 10.2. The van der Waals surface area contributed by atoms with E-state index >= 15 is 0 Å². The van der Waals surface area contributed by atoms with Gasteiger partial charge >= 0.3 is 0 Å². The Labute approximate surface area is 115 Å². The Morgan fingerprint density at radius 1 is 1.50 bits per heavy atom. The van der Waals surface area contributed by atoms with Crippen LogP contribution in [0.15, 0.2) is 29.3 Å². The average Bonchev–Trinajstić information content (AvgIpc) is 2.33. The topological polar surface area (TPSA) is 30.5 Å². The summed E-state index contributed by atoms with van der Waals surface area (Å²) in [5.74, 6) is -0.133. The van der Waals surface area contributed by atoms with Crippen LogP contribution >= 0.6 is 15.9 Å². The van der Waals surface area contributed by atoms with Gasteiger partial charge in [0.2, 0.25) is 0 Å². The average molecular weight is 318 g/mol. The van der Waals surface area contributed by atoms with E-state index in [9.17, 15) is 4.39 Å². The first-order valence-electron chi connectivity index (χ1n) is 5.57. The van der Waals surface area contributed by atoms with Gasteiger partial charge in [0, 0.05) is 24.7 Å². The summed E-state index contributed by atoms with van der Waals surface area (Å²) in [7, 11) is 1.64. The van der Waals surface area contributed by atoms with Gasteiger partial charge in [-0.25, -0.2) is 4.39 Å². The van der Waals surface area contributed by atoms with Crippen molar-refractivity contribution in [3.05, 3.63) is 40.6 Å². The van der Waals surface area contributed by atoms with E-state index in [-0.39, 0.29) is 18.2 Å². The third kappa shape index (κ3) is 5.62. The molecule has 0 atom stereocenters. The smallest absolute Gasteiger partial charge is 0.165 e. The van der Waals surface area contributed by atoms with Crippen LogP contribution in [0.2, 0.25) is 0 Å². The molecule has 5 heteroatoms. The molecule has 100 valence electrons. The van der Waals surface area contributed by atoms with Crippen molar-refractivity contribution in [2.24, 2.45) is 0 Å². The Morgan fingerprint density at radius 3 is 2.89 bits per heavy atom. The number of benzene rings is 1. The summed E-state index contributed by atoms with van der Waals surface area (Å²) in [6, 6.07) is 4.92. The predicted octanol–water partition coefficient (Wildman–Crippen LogP) is 2.85. The number of nitrogens with one attached hydrogen (secondary N) is 1. The quantitative estimate of drug-likeness (QED) is 0.748. The van der Waals surface area contributed by atoms with Crippen LogP contribution in [-0.2, 0) is 11.3 Å². The number of methoxy groups -OCH3 is 1. The minimum absolute atomic E-state index is 0.233. The highest BCUT2D eigenvalue weighted by Crippen LogP contribution is 2.19. The fraction of sp³-hybridized carbons (Fsp3) is 0.385. The SMILES string of the molecule is C=C(Br)COc1ccc(CNCCOC)cc1F. The van der Waals surface area contributed by atoms with Crippen molar-refractivity contribution in [1.82, 2.24) is 5.32 Å². The van der Waals surface area contributed by atoms with Gasteiger partial charge in [-0.15, -0.1) is 0 Å². The molecule has 1 aromatic rings. The highest BCUT2D eigenvalue weighted by Gasteiger charge is 2.05. The molecule has 0 aliphatic rings. The van der Waals surface area contributed by atoms with E-state index in [1.807, 2.05) is 6.07 Å². The largest absolute Gasteiger partial charge is 0.485 e. The van der Waals surface area contributed by atoms with Crippen LogP contribution in [0.25, 0.3) is 0 Å². The maximum atomic E-state index is 13.7. The molecule has 0 aliphatic heterocycles. The minimum Gasteiger partial charge on any atom is -0.485 e. The Kier molecular flexibility index (Phi) is 6.93. The monoisotopic (exact) mass is 317 g/mol. The molecule has 0 radical (unpaired) electrons. The van der Waals surface area contributed by atoms with Gasteiger partial charge < -0.3 is 14.8 Å². The summed E-state index contributed by atoms with van der Waals surface area (Å²) in [6.45, 7) is 5.85. The number of halogens is 2. The second-order valence-electron chi connectivity index (χ2n) is 3.74. The van der Waals surface area contributed by atoms with Crippen molar-refractivity contribution >= 4 is 15.9 Å². The molecule has 0 aliphatic carbocycles. The highest BCUT2D eigenvalue weighted by atomic mass is 79.9. The second-order valence-corrected chi connectivity index (χ2v) is 4.86. The van der Waals surface area contributed by atoms with Gasteiger partial charge in [-0.1, -0.05) is 28.6 Å². The zero-order valence-corrected chi connectivity index (χ0v) is 11.9. The van der Waals surface area contributed by atoms with Gasteiger partial charge in [-0.3, -0.25) is 0 Å². The summed E-state index contributed by atoms with van der Waals surface area (Å²) in [5, 5.41) is 3.15. The predicted molar refractivity (Wildman–Crippen MR) is 73.5 cm³/mol. The third-order valence-electron chi connectivity index (χ3n) is 2.19.